The van der Waals surface area contributed by atoms with Gasteiger partial charge < -0.3 is 10.5 Å². The zero-order valence-corrected chi connectivity index (χ0v) is 12.7. The van der Waals surface area contributed by atoms with E-state index >= 15 is 0 Å². The van der Waals surface area contributed by atoms with Crippen molar-refractivity contribution in [2.75, 3.05) is 0 Å². The molecule has 1 heterocycles. The molecule has 0 spiro atoms. The van der Waals surface area contributed by atoms with Crippen molar-refractivity contribution in [2.24, 2.45) is 5.73 Å². The Bertz CT molecular complexity index is 578. The van der Waals surface area contributed by atoms with Crippen molar-refractivity contribution in [1.29, 1.82) is 0 Å². The van der Waals surface area contributed by atoms with Gasteiger partial charge >= 0.3 is 0 Å². The maximum atomic E-state index is 6.13. The number of rotatable bonds is 3. The Morgan fingerprint density at radius 3 is 2.63 bits per heavy atom. The highest BCUT2D eigenvalue weighted by atomic mass is 35.5. The fourth-order valence-electron chi connectivity index (χ4n) is 1.40. The predicted molar refractivity (Wildman–Crippen MR) is 78.0 cm³/mol. The lowest BCUT2D eigenvalue weighted by molar-refractivity contribution is 0.468. The van der Waals surface area contributed by atoms with Gasteiger partial charge in [0.2, 0.25) is 0 Å². The minimum absolute atomic E-state index is 0.0920. The number of halogens is 1. The third-order valence-electron chi connectivity index (χ3n) is 2.51. The van der Waals surface area contributed by atoms with E-state index in [-0.39, 0.29) is 5.41 Å². The SMILES string of the molecule is CC(C)(C)c1nsc(Oc2ccc(CN)cc2Cl)n1. The Morgan fingerprint density at radius 2 is 2.11 bits per heavy atom. The molecular weight excluding hydrogens is 282 g/mol. The van der Waals surface area contributed by atoms with E-state index in [0.29, 0.717) is 22.5 Å². The second-order valence-electron chi connectivity index (χ2n) is 5.20. The third-order valence-corrected chi connectivity index (χ3v) is 3.40. The van der Waals surface area contributed by atoms with Crippen molar-refractivity contribution in [2.45, 2.75) is 32.7 Å². The second-order valence-corrected chi connectivity index (χ2v) is 6.33. The molecule has 0 aliphatic rings. The zero-order valence-electron chi connectivity index (χ0n) is 11.1. The highest BCUT2D eigenvalue weighted by molar-refractivity contribution is 7.07. The predicted octanol–water partition coefficient (Wildman–Crippen LogP) is 3.74. The van der Waals surface area contributed by atoms with Gasteiger partial charge in [0.05, 0.1) is 5.02 Å². The molecule has 2 N–H and O–H groups in total. The van der Waals surface area contributed by atoms with Crippen LogP contribution in [0.5, 0.6) is 10.9 Å². The van der Waals surface area contributed by atoms with E-state index in [4.69, 9.17) is 22.1 Å². The maximum absolute atomic E-state index is 6.13. The summed E-state index contributed by atoms with van der Waals surface area (Å²) < 4.78 is 9.95. The van der Waals surface area contributed by atoms with Crippen LogP contribution in [0, 0.1) is 0 Å². The van der Waals surface area contributed by atoms with Gasteiger partial charge in [0.15, 0.2) is 5.82 Å². The minimum Gasteiger partial charge on any atom is -0.428 e. The quantitative estimate of drug-likeness (QED) is 0.937. The average molecular weight is 298 g/mol. The number of nitrogens with two attached hydrogens (primary N) is 1. The summed E-state index contributed by atoms with van der Waals surface area (Å²) in [6.07, 6.45) is 0. The summed E-state index contributed by atoms with van der Waals surface area (Å²) in [5, 5.41) is 1.02. The molecule has 2 aromatic rings. The van der Waals surface area contributed by atoms with E-state index in [1.54, 1.807) is 12.1 Å². The molecule has 0 amide bonds. The van der Waals surface area contributed by atoms with Gasteiger partial charge in [0, 0.05) is 23.5 Å². The van der Waals surface area contributed by atoms with Gasteiger partial charge in [0.25, 0.3) is 5.19 Å². The Kier molecular flexibility index (Phi) is 4.08. The molecule has 0 radical (unpaired) electrons. The first-order valence-electron chi connectivity index (χ1n) is 5.90. The van der Waals surface area contributed by atoms with Crippen molar-refractivity contribution in [1.82, 2.24) is 9.36 Å². The lowest BCUT2D eigenvalue weighted by atomic mass is 9.96. The smallest absolute Gasteiger partial charge is 0.298 e. The molecule has 0 fully saturated rings. The van der Waals surface area contributed by atoms with E-state index in [1.807, 2.05) is 6.07 Å². The van der Waals surface area contributed by atoms with Crippen LogP contribution in [0.1, 0.15) is 32.2 Å². The normalized spacial score (nSPS) is 11.6. The van der Waals surface area contributed by atoms with Crippen molar-refractivity contribution >= 4 is 23.1 Å². The molecule has 0 unspecified atom stereocenters. The van der Waals surface area contributed by atoms with Crippen molar-refractivity contribution in [3.63, 3.8) is 0 Å². The van der Waals surface area contributed by atoms with E-state index < -0.39 is 0 Å². The molecule has 0 atom stereocenters. The Hall–Kier alpha value is -1.17. The van der Waals surface area contributed by atoms with E-state index in [1.165, 1.54) is 11.5 Å². The number of hydrogen-bond acceptors (Lipinski definition) is 5. The molecule has 102 valence electrons. The number of ether oxygens (including phenoxy) is 1. The van der Waals surface area contributed by atoms with Crippen LogP contribution in [0.4, 0.5) is 0 Å². The molecule has 19 heavy (non-hydrogen) atoms. The third kappa shape index (κ3) is 3.43. The average Bonchev–Trinajstić information content (AvgIpc) is 2.80. The van der Waals surface area contributed by atoms with Gasteiger partial charge in [-0.25, -0.2) is 0 Å². The molecule has 0 aliphatic carbocycles. The van der Waals surface area contributed by atoms with E-state index in [9.17, 15) is 0 Å². The van der Waals surface area contributed by atoms with Crippen LogP contribution in [-0.2, 0) is 12.0 Å². The van der Waals surface area contributed by atoms with Crippen molar-refractivity contribution < 1.29 is 4.74 Å². The molecule has 1 aromatic heterocycles. The Balaban J connectivity index is 2.20. The second kappa shape index (κ2) is 5.45. The van der Waals surface area contributed by atoms with Crippen molar-refractivity contribution in [3.05, 3.63) is 34.6 Å². The highest BCUT2D eigenvalue weighted by Gasteiger charge is 2.20. The van der Waals surface area contributed by atoms with E-state index in [2.05, 4.69) is 30.1 Å². The standard InChI is InChI=1S/C13H16ClN3OS/c1-13(2,3)11-16-12(19-17-11)18-10-5-4-8(7-15)6-9(10)14/h4-6H,7,15H2,1-3H3. The summed E-state index contributed by atoms with van der Waals surface area (Å²) in [4.78, 5) is 4.36. The summed E-state index contributed by atoms with van der Waals surface area (Å²) in [6, 6.07) is 5.47. The summed E-state index contributed by atoms with van der Waals surface area (Å²) in [6.45, 7) is 6.62. The number of benzene rings is 1. The molecule has 0 saturated heterocycles. The van der Waals surface area contributed by atoms with Crippen LogP contribution in [0.15, 0.2) is 18.2 Å². The lowest BCUT2D eigenvalue weighted by Crippen LogP contribution is -2.12. The van der Waals surface area contributed by atoms with Crippen LogP contribution in [-0.4, -0.2) is 9.36 Å². The number of aromatic nitrogens is 2. The molecular formula is C13H16ClN3OS. The van der Waals surface area contributed by atoms with Crippen LogP contribution >= 0.6 is 23.1 Å². The molecule has 2 rings (SSSR count). The van der Waals surface area contributed by atoms with Gasteiger partial charge in [0.1, 0.15) is 5.75 Å². The van der Waals surface area contributed by atoms with Gasteiger partial charge in [-0.1, -0.05) is 38.4 Å². The highest BCUT2D eigenvalue weighted by Crippen LogP contribution is 2.32. The Morgan fingerprint density at radius 1 is 1.37 bits per heavy atom. The first-order chi connectivity index (χ1) is 8.90. The topological polar surface area (TPSA) is 61.0 Å². The van der Waals surface area contributed by atoms with Crippen molar-refractivity contribution in [3.8, 4) is 10.9 Å². The number of nitrogens with zero attached hydrogens (tertiary/aromatic N) is 2. The van der Waals surface area contributed by atoms with Gasteiger partial charge in [-0.3, -0.25) is 0 Å². The van der Waals surface area contributed by atoms with E-state index in [0.717, 1.165) is 11.4 Å². The van der Waals surface area contributed by atoms with Gasteiger partial charge in [-0.15, -0.1) is 0 Å². The lowest BCUT2D eigenvalue weighted by Gasteiger charge is -2.12. The Labute approximate surface area is 121 Å². The van der Waals surface area contributed by atoms with Gasteiger partial charge in [-0.05, 0) is 17.7 Å². The molecule has 4 nitrogen and oxygen atoms in total. The van der Waals surface area contributed by atoms with Crippen LogP contribution < -0.4 is 10.5 Å². The maximum Gasteiger partial charge on any atom is 0.298 e. The molecule has 0 aliphatic heterocycles. The largest absolute Gasteiger partial charge is 0.428 e. The van der Waals surface area contributed by atoms with Gasteiger partial charge in [-0.2, -0.15) is 9.36 Å². The van der Waals surface area contributed by atoms with Crippen LogP contribution in [0.3, 0.4) is 0 Å². The molecule has 0 saturated carbocycles. The first kappa shape index (κ1) is 14.2. The summed E-state index contributed by atoms with van der Waals surface area (Å²) in [7, 11) is 0. The molecule has 1 aromatic carbocycles. The summed E-state index contributed by atoms with van der Waals surface area (Å²) in [5.41, 5.74) is 6.42. The first-order valence-corrected chi connectivity index (χ1v) is 7.06. The monoisotopic (exact) mass is 297 g/mol. The minimum atomic E-state index is -0.0920. The molecule has 6 heteroatoms. The summed E-state index contributed by atoms with van der Waals surface area (Å²) in [5.74, 6) is 1.33. The number of hydrogen-bond donors (Lipinski definition) is 1. The van der Waals surface area contributed by atoms with Crippen LogP contribution in [0.25, 0.3) is 0 Å². The zero-order chi connectivity index (χ0) is 14.0. The van der Waals surface area contributed by atoms with Crippen LogP contribution in [0.2, 0.25) is 5.02 Å². The fourth-order valence-corrected chi connectivity index (χ4v) is 2.38. The fraction of sp³-hybridized carbons (Fsp3) is 0.385. The molecule has 0 bridgehead atoms. The summed E-state index contributed by atoms with van der Waals surface area (Å²) >= 11 is 7.35.